The lowest BCUT2D eigenvalue weighted by Gasteiger charge is -2.17. The molecule has 2 unspecified atom stereocenters. The first-order chi connectivity index (χ1) is 10.4. The van der Waals surface area contributed by atoms with Gasteiger partial charge in [-0.25, -0.2) is 9.18 Å². The number of aliphatic hydroxyl groups is 3. The fourth-order valence-corrected chi connectivity index (χ4v) is 2.35. The first-order valence-corrected chi connectivity index (χ1v) is 6.36. The van der Waals surface area contributed by atoms with Crippen molar-refractivity contribution in [1.82, 2.24) is 14.5 Å². The van der Waals surface area contributed by atoms with Gasteiger partial charge in [0.2, 0.25) is 0 Å². The summed E-state index contributed by atoms with van der Waals surface area (Å²) in [6, 6.07) is 0.887. The van der Waals surface area contributed by atoms with Gasteiger partial charge in [0.1, 0.15) is 24.0 Å². The quantitative estimate of drug-likeness (QED) is 0.495. The first kappa shape index (κ1) is 14.8. The molecule has 0 bridgehead atoms. The summed E-state index contributed by atoms with van der Waals surface area (Å²) >= 11 is 0. The smallest absolute Gasteiger partial charge is 0.351 e. The Hall–Kier alpha value is -2.14. The van der Waals surface area contributed by atoms with Gasteiger partial charge in [-0.1, -0.05) is 0 Å². The molecule has 118 valence electrons. The molecule has 0 aromatic carbocycles. The second-order valence-electron chi connectivity index (χ2n) is 4.91. The van der Waals surface area contributed by atoms with Crippen molar-refractivity contribution in [3.05, 3.63) is 38.9 Å². The number of aromatic amines is 1. The zero-order valence-corrected chi connectivity index (χ0v) is 11.0. The lowest BCUT2D eigenvalue weighted by atomic mass is 10.1. The molecule has 1 aliphatic rings. The van der Waals surface area contributed by atoms with Crippen LogP contribution in [0.5, 0.6) is 0 Å². The normalized spacial score (nSPS) is 28.4. The van der Waals surface area contributed by atoms with Gasteiger partial charge in [0.25, 0.3) is 5.56 Å². The molecule has 0 saturated carbocycles. The molecule has 1 aliphatic heterocycles. The topological polar surface area (TPSA) is 138 Å². The van der Waals surface area contributed by atoms with E-state index >= 15 is 0 Å². The van der Waals surface area contributed by atoms with Crippen molar-refractivity contribution < 1.29 is 24.4 Å². The number of hydrogen-bond donors (Lipinski definition) is 4. The molecule has 0 aliphatic carbocycles. The predicted molar refractivity (Wildman–Crippen MR) is 69.6 cm³/mol. The van der Waals surface area contributed by atoms with Crippen LogP contribution in [0.4, 0.5) is 4.39 Å². The van der Waals surface area contributed by atoms with Gasteiger partial charge >= 0.3 is 5.69 Å². The summed E-state index contributed by atoms with van der Waals surface area (Å²) in [5.41, 5.74) is -1.99. The Morgan fingerprint density at radius 3 is 2.73 bits per heavy atom. The molecular formula is C12H12FN3O6. The number of nitrogens with zero attached hydrogens (tertiary/aromatic N) is 2. The summed E-state index contributed by atoms with van der Waals surface area (Å²) in [5, 5.41) is 28.7. The van der Waals surface area contributed by atoms with Gasteiger partial charge < -0.3 is 25.0 Å². The van der Waals surface area contributed by atoms with Gasteiger partial charge in [-0.3, -0.25) is 9.36 Å². The minimum atomic E-state index is -1.47. The molecule has 0 amide bonds. The van der Waals surface area contributed by atoms with Crippen molar-refractivity contribution in [3.63, 3.8) is 0 Å². The third kappa shape index (κ3) is 2.22. The summed E-state index contributed by atoms with van der Waals surface area (Å²) < 4.78 is 19.4. The maximum Gasteiger partial charge on any atom is 0.351 e. The monoisotopic (exact) mass is 313 g/mol. The molecule has 9 nitrogen and oxygen atoms in total. The Bertz CT molecular complexity index is 834. The van der Waals surface area contributed by atoms with E-state index in [0.717, 1.165) is 16.8 Å². The molecule has 3 heterocycles. The van der Waals surface area contributed by atoms with Crippen molar-refractivity contribution in [1.29, 1.82) is 0 Å². The fourth-order valence-electron chi connectivity index (χ4n) is 2.35. The van der Waals surface area contributed by atoms with Crippen molar-refractivity contribution >= 4 is 11.0 Å². The highest BCUT2D eigenvalue weighted by atomic mass is 19.1. The van der Waals surface area contributed by atoms with Crippen LogP contribution in [0.1, 0.15) is 6.23 Å². The molecule has 2 aromatic heterocycles. The number of rotatable bonds is 2. The number of aromatic nitrogens is 3. The SMILES string of the molecule is O=c1[nH]c2nc(=O)n([C@@H]3O[C@H](CO)C(O)C3O)cc2cc1F. The van der Waals surface area contributed by atoms with Gasteiger partial charge in [-0.2, -0.15) is 4.98 Å². The molecule has 1 fully saturated rings. The van der Waals surface area contributed by atoms with Crippen LogP contribution in [0.2, 0.25) is 0 Å². The van der Waals surface area contributed by atoms with Crippen LogP contribution in [-0.4, -0.2) is 54.8 Å². The van der Waals surface area contributed by atoms with Gasteiger partial charge in [0.05, 0.1) is 6.61 Å². The van der Waals surface area contributed by atoms with Crippen LogP contribution in [-0.2, 0) is 4.74 Å². The van der Waals surface area contributed by atoms with Crippen molar-refractivity contribution in [2.24, 2.45) is 0 Å². The van der Waals surface area contributed by atoms with Gasteiger partial charge in [-0.15, -0.1) is 0 Å². The highest BCUT2D eigenvalue weighted by Gasteiger charge is 2.43. The van der Waals surface area contributed by atoms with Crippen molar-refractivity contribution in [2.75, 3.05) is 6.61 Å². The number of fused-ring (bicyclic) bond motifs is 1. The van der Waals surface area contributed by atoms with E-state index in [4.69, 9.17) is 9.84 Å². The third-order valence-corrected chi connectivity index (χ3v) is 3.50. The second kappa shape index (κ2) is 5.25. The van der Waals surface area contributed by atoms with E-state index in [2.05, 4.69) is 9.97 Å². The molecular weight excluding hydrogens is 301 g/mol. The number of aliphatic hydroxyl groups excluding tert-OH is 3. The molecule has 10 heteroatoms. The zero-order valence-electron chi connectivity index (χ0n) is 11.0. The highest BCUT2D eigenvalue weighted by Crippen LogP contribution is 2.28. The number of hydrogen-bond acceptors (Lipinski definition) is 7. The maximum atomic E-state index is 13.3. The van der Waals surface area contributed by atoms with Crippen LogP contribution in [0.3, 0.4) is 0 Å². The lowest BCUT2D eigenvalue weighted by Crippen LogP contribution is -2.36. The number of pyridine rings is 1. The van der Waals surface area contributed by atoms with Crippen LogP contribution < -0.4 is 11.2 Å². The summed E-state index contributed by atoms with van der Waals surface area (Å²) in [6.45, 7) is -0.549. The minimum Gasteiger partial charge on any atom is -0.394 e. The third-order valence-electron chi connectivity index (χ3n) is 3.50. The summed E-state index contributed by atoms with van der Waals surface area (Å²) in [5.74, 6) is -1.05. The maximum absolute atomic E-state index is 13.3. The number of ether oxygens (including phenoxy) is 1. The summed E-state index contributed by atoms with van der Waals surface area (Å²) in [4.78, 5) is 28.8. The molecule has 3 rings (SSSR count). The van der Waals surface area contributed by atoms with Crippen LogP contribution in [0, 0.1) is 5.82 Å². The van der Waals surface area contributed by atoms with E-state index in [-0.39, 0.29) is 11.0 Å². The second-order valence-corrected chi connectivity index (χ2v) is 4.91. The fraction of sp³-hybridized carbons (Fsp3) is 0.417. The van der Waals surface area contributed by atoms with E-state index in [0.29, 0.717) is 0 Å². The molecule has 1 saturated heterocycles. The average Bonchev–Trinajstić information content (AvgIpc) is 2.76. The Morgan fingerprint density at radius 2 is 2.09 bits per heavy atom. The zero-order chi connectivity index (χ0) is 16.0. The molecule has 0 spiro atoms. The number of halogens is 1. The summed E-state index contributed by atoms with van der Waals surface area (Å²) in [6.07, 6.45) is -4.06. The highest BCUT2D eigenvalue weighted by molar-refractivity contribution is 5.72. The van der Waals surface area contributed by atoms with E-state index in [1.54, 1.807) is 0 Å². The minimum absolute atomic E-state index is 0.106. The van der Waals surface area contributed by atoms with Gasteiger partial charge in [0.15, 0.2) is 12.0 Å². The van der Waals surface area contributed by atoms with E-state index < -0.39 is 48.2 Å². The Balaban J connectivity index is 2.12. The predicted octanol–water partition coefficient (Wildman–Crippen LogP) is -2.16. The molecule has 4 N–H and O–H groups in total. The largest absolute Gasteiger partial charge is 0.394 e. The van der Waals surface area contributed by atoms with Crippen molar-refractivity contribution in [3.8, 4) is 0 Å². The van der Waals surface area contributed by atoms with Crippen molar-refractivity contribution in [2.45, 2.75) is 24.5 Å². The molecule has 4 atom stereocenters. The average molecular weight is 313 g/mol. The van der Waals surface area contributed by atoms with Gasteiger partial charge in [-0.05, 0) is 6.07 Å². The van der Waals surface area contributed by atoms with Crippen LogP contribution in [0.15, 0.2) is 21.9 Å². The Morgan fingerprint density at radius 1 is 1.36 bits per heavy atom. The number of H-pyrrole nitrogens is 1. The molecule has 2 aromatic rings. The summed E-state index contributed by atoms with van der Waals surface area (Å²) in [7, 11) is 0. The molecule has 0 radical (unpaired) electrons. The Kier molecular flexibility index (Phi) is 3.53. The number of nitrogens with one attached hydrogen (secondary N) is 1. The van der Waals surface area contributed by atoms with Crippen LogP contribution in [0.25, 0.3) is 11.0 Å². The molecule has 22 heavy (non-hydrogen) atoms. The standard InChI is InChI=1S/C12H12FN3O6/c13-5-1-4-2-16(12(21)15-9(4)14-10(5)20)11-8(19)7(18)6(3-17)22-11/h1-2,6-8,11,17-19H,3H2,(H,14,15,20,21)/t6-,7?,8?,11-/m1/s1. The van der Waals surface area contributed by atoms with E-state index in [1.165, 1.54) is 0 Å². The first-order valence-electron chi connectivity index (χ1n) is 6.36. The lowest BCUT2D eigenvalue weighted by molar-refractivity contribution is -0.0547. The Labute approximate surface area is 121 Å². The van der Waals surface area contributed by atoms with E-state index in [1.807, 2.05) is 0 Å². The van der Waals surface area contributed by atoms with Crippen LogP contribution >= 0.6 is 0 Å². The van der Waals surface area contributed by atoms with E-state index in [9.17, 15) is 24.2 Å². The van der Waals surface area contributed by atoms with Gasteiger partial charge in [0, 0.05) is 11.6 Å².